The summed E-state index contributed by atoms with van der Waals surface area (Å²) >= 11 is 0. The van der Waals surface area contributed by atoms with Crippen molar-refractivity contribution in [3.8, 4) is 0 Å². The number of hydrogen-bond donors (Lipinski definition) is 0. The molecule has 2 nitrogen and oxygen atoms in total. The normalized spacial score (nSPS) is 9.45. The SMILES string of the molecule is C=CN(C)C(=O)C(=C)C(C)C. The van der Waals surface area contributed by atoms with Gasteiger partial charge < -0.3 is 4.90 Å². The predicted molar refractivity (Wildman–Crippen MR) is 46.9 cm³/mol. The molecule has 0 aliphatic carbocycles. The van der Waals surface area contributed by atoms with Gasteiger partial charge in [-0.15, -0.1) is 0 Å². The molecule has 0 N–H and O–H groups in total. The van der Waals surface area contributed by atoms with Crippen LogP contribution in [0.2, 0.25) is 0 Å². The first kappa shape index (κ1) is 9.95. The van der Waals surface area contributed by atoms with E-state index in [-0.39, 0.29) is 11.8 Å². The van der Waals surface area contributed by atoms with Gasteiger partial charge in [0.15, 0.2) is 0 Å². The fraction of sp³-hybridized carbons (Fsp3) is 0.444. The lowest BCUT2D eigenvalue weighted by molar-refractivity contribution is -0.124. The molecule has 0 aromatic carbocycles. The molecule has 0 unspecified atom stereocenters. The van der Waals surface area contributed by atoms with E-state index >= 15 is 0 Å². The van der Waals surface area contributed by atoms with E-state index in [2.05, 4.69) is 13.2 Å². The average molecular weight is 153 g/mol. The molecule has 0 aromatic rings. The third-order valence-electron chi connectivity index (χ3n) is 1.57. The first-order chi connectivity index (χ1) is 5.00. The lowest BCUT2D eigenvalue weighted by atomic mass is 10.0. The fourth-order valence-corrected chi connectivity index (χ4v) is 0.556. The van der Waals surface area contributed by atoms with Crippen LogP contribution >= 0.6 is 0 Å². The van der Waals surface area contributed by atoms with E-state index in [0.717, 1.165) is 0 Å². The number of carbonyl (C=O) groups is 1. The maximum atomic E-state index is 11.3. The number of carbonyl (C=O) groups excluding carboxylic acids is 1. The third-order valence-corrected chi connectivity index (χ3v) is 1.57. The highest BCUT2D eigenvalue weighted by molar-refractivity contribution is 5.93. The molecule has 0 atom stereocenters. The van der Waals surface area contributed by atoms with Crippen LogP contribution in [0.1, 0.15) is 13.8 Å². The molecule has 0 aromatic heterocycles. The van der Waals surface area contributed by atoms with Crippen LogP contribution in [-0.2, 0) is 4.79 Å². The highest BCUT2D eigenvalue weighted by atomic mass is 16.2. The zero-order valence-electron chi connectivity index (χ0n) is 7.42. The van der Waals surface area contributed by atoms with Gasteiger partial charge in [0, 0.05) is 12.6 Å². The van der Waals surface area contributed by atoms with Gasteiger partial charge in [-0.3, -0.25) is 4.79 Å². The van der Waals surface area contributed by atoms with E-state index in [1.165, 1.54) is 11.1 Å². The van der Waals surface area contributed by atoms with E-state index in [1.807, 2.05) is 13.8 Å². The predicted octanol–water partition coefficient (Wildman–Crippen LogP) is 1.80. The molecule has 0 saturated heterocycles. The van der Waals surface area contributed by atoms with Crippen LogP contribution in [0.15, 0.2) is 24.9 Å². The molecule has 0 spiro atoms. The molecule has 11 heavy (non-hydrogen) atoms. The minimum absolute atomic E-state index is 0.0602. The number of amides is 1. The Bertz CT molecular complexity index is 182. The molecule has 1 amide bonds. The Balaban J connectivity index is 4.25. The molecule has 0 saturated carbocycles. The number of nitrogens with zero attached hydrogens (tertiary/aromatic N) is 1. The molecule has 0 radical (unpaired) electrons. The molecule has 0 fully saturated rings. The van der Waals surface area contributed by atoms with Crippen molar-refractivity contribution in [1.29, 1.82) is 0 Å². The van der Waals surface area contributed by atoms with Crippen molar-refractivity contribution in [3.05, 3.63) is 24.9 Å². The van der Waals surface area contributed by atoms with Gasteiger partial charge >= 0.3 is 0 Å². The van der Waals surface area contributed by atoms with Crippen LogP contribution in [0.5, 0.6) is 0 Å². The lowest BCUT2D eigenvalue weighted by Crippen LogP contribution is -2.23. The third kappa shape index (κ3) is 2.58. The molecule has 62 valence electrons. The average Bonchev–Trinajstić information content (AvgIpc) is 2.00. The minimum Gasteiger partial charge on any atom is -0.319 e. The van der Waals surface area contributed by atoms with Crippen molar-refractivity contribution in [1.82, 2.24) is 4.90 Å². The molecule has 0 aliphatic heterocycles. The summed E-state index contributed by atoms with van der Waals surface area (Å²) in [6.45, 7) is 11.1. The first-order valence-electron chi connectivity index (χ1n) is 3.59. The second kappa shape index (κ2) is 3.96. The Morgan fingerprint density at radius 2 is 2.00 bits per heavy atom. The highest BCUT2D eigenvalue weighted by Gasteiger charge is 2.12. The number of likely N-dealkylation sites (N-methyl/N-ethyl adjacent to an activating group) is 1. The van der Waals surface area contributed by atoms with Crippen LogP contribution in [0.4, 0.5) is 0 Å². The summed E-state index contributed by atoms with van der Waals surface area (Å²) in [5.41, 5.74) is 0.618. The lowest BCUT2D eigenvalue weighted by Gasteiger charge is -2.15. The topological polar surface area (TPSA) is 20.3 Å². The maximum Gasteiger partial charge on any atom is 0.253 e. The standard InChI is InChI=1S/C9H15NO/c1-6-10(5)9(11)8(4)7(2)3/h6-7H,1,4H2,2-3,5H3. The van der Waals surface area contributed by atoms with Crippen LogP contribution in [0, 0.1) is 5.92 Å². The van der Waals surface area contributed by atoms with Gasteiger partial charge in [0.05, 0.1) is 0 Å². The zero-order chi connectivity index (χ0) is 9.02. The first-order valence-corrected chi connectivity index (χ1v) is 3.59. The second-order valence-corrected chi connectivity index (χ2v) is 2.78. The smallest absolute Gasteiger partial charge is 0.253 e. The Kier molecular flexibility index (Phi) is 3.58. The van der Waals surface area contributed by atoms with Gasteiger partial charge in [0.1, 0.15) is 0 Å². The van der Waals surface area contributed by atoms with Gasteiger partial charge in [0.2, 0.25) is 0 Å². The van der Waals surface area contributed by atoms with Gasteiger partial charge in [-0.25, -0.2) is 0 Å². The zero-order valence-corrected chi connectivity index (χ0v) is 7.42. The molecular formula is C9H15NO. The van der Waals surface area contributed by atoms with Crippen molar-refractivity contribution in [2.75, 3.05) is 7.05 Å². The monoisotopic (exact) mass is 153 g/mol. The number of rotatable bonds is 3. The molecule has 0 bridgehead atoms. The molecule has 0 aliphatic rings. The summed E-state index contributed by atoms with van der Waals surface area (Å²) < 4.78 is 0. The fourth-order valence-electron chi connectivity index (χ4n) is 0.556. The summed E-state index contributed by atoms with van der Waals surface area (Å²) in [4.78, 5) is 12.7. The summed E-state index contributed by atoms with van der Waals surface area (Å²) in [5, 5.41) is 0. The summed E-state index contributed by atoms with van der Waals surface area (Å²) in [5.74, 6) is 0.139. The van der Waals surface area contributed by atoms with Crippen molar-refractivity contribution in [2.45, 2.75) is 13.8 Å². The van der Waals surface area contributed by atoms with Gasteiger partial charge in [-0.05, 0) is 12.1 Å². The van der Waals surface area contributed by atoms with E-state index < -0.39 is 0 Å². The minimum atomic E-state index is -0.0602. The Morgan fingerprint density at radius 3 is 2.27 bits per heavy atom. The van der Waals surface area contributed by atoms with Crippen molar-refractivity contribution in [2.24, 2.45) is 5.92 Å². The van der Waals surface area contributed by atoms with E-state index in [0.29, 0.717) is 5.57 Å². The van der Waals surface area contributed by atoms with Crippen LogP contribution in [-0.4, -0.2) is 17.9 Å². The van der Waals surface area contributed by atoms with Gasteiger partial charge in [-0.2, -0.15) is 0 Å². The largest absolute Gasteiger partial charge is 0.319 e. The van der Waals surface area contributed by atoms with Crippen LogP contribution < -0.4 is 0 Å². The van der Waals surface area contributed by atoms with E-state index in [4.69, 9.17) is 0 Å². The highest BCUT2D eigenvalue weighted by Crippen LogP contribution is 2.09. The van der Waals surface area contributed by atoms with Crippen LogP contribution in [0.3, 0.4) is 0 Å². The number of hydrogen-bond acceptors (Lipinski definition) is 1. The molecular weight excluding hydrogens is 138 g/mol. The Hall–Kier alpha value is -1.05. The second-order valence-electron chi connectivity index (χ2n) is 2.78. The Morgan fingerprint density at radius 1 is 1.55 bits per heavy atom. The molecule has 0 rings (SSSR count). The summed E-state index contributed by atoms with van der Waals surface area (Å²) in [6.07, 6.45) is 1.48. The Labute approximate surface area is 68.2 Å². The van der Waals surface area contributed by atoms with Gasteiger partial charge in [-0.1, -0.05) is 27.0 Å². The summed E-state index contributed by atoms with van der Waals surface area (Å²) in [6, 6.07) is 0. The molecule has 0 heterocycles. The van der Waals surface area contributed by atoms with Crippen molar-refractivity contribution >= 4 is 5.91 Å². The summed E-state index contributed by atoms with van der Waals surface area (Å²) in [7, 11) is 1.67. The molecule has 2 heteroatoms. The van der Waals surface area contributed by atoms with E-state index in [1.54, 1.807) is 7.05 Å². The van der Waals surface area contributed by atoms with Crippen molar-refractivity contribution in [3.63, 3.8) is 0 Å². The van der Waals surface area contributed by atoms with Crippen LogP contribution in [0.25, 0.3) is 0 Å². The quantitative estimate of drug-likeness (QED) is 0.566. The maximum absolute atomic E-state index is 11.3. The van der Waals surface area contributed by atoms with Crippen molar-refractivity contribution < 1.29 is 4.79 Å². The van der Waals surface area contributed by atoms with Gasteiger partial charge in [0.25, 0.3) is 5.91 Å². The van der Waals surface area contributed by atoms with E-state index in [9.17, 15) is 4.79 Å².